The van der Waals surface area contributed by atoms with E-state index in [-0.39, 0.29) is 17.9 Å². The van der Waals surface area contributed by atoms with Gasteiger partial charge in [0.1, 0.15) is 0 Å². The maximum atomic E-state index is 12.7. The van der Waals surface area contributed by atoms with Crippen molar-refractivity contribution in [2.24, 2.45) is 5.92 Å². The molecular weight excluding hydrogens is 408 g/mol. The van der Waals surface area contributed by atoms with Crippen molar-refractivity contribution in [1.29, 1.82) is 0 Å². The number of urea groups is 1. The van der Waals surface area contributed by atoms with Gasteiger partial charge in [-0.05, 0) is 37.9 Å². The number of amides is 3. The van der Waals surface area contributed by atoms with Crippen molar-refractivity contribution in [1.82, 2.24) is 15.1 Å². The quantitative estimate of drug-likeness (QED) is 0.585. The number of nitrogens with zero attached hydrogens (tertiary/aromatic N) is 2. The predicted molar refractivity (Wildman–Crippen MR) is 124 cm³/mol. The molecule has 0 radical (unpaired) electrons. The highest BCUT2D eigenvalue weighted by Crippen LogP contribution is 2.22. The molecule has 2 aromatic carbocycles. The fourth-order valence-electron chi connectivity index (χ4n) is 3.75. The monoisotopic (exact) mass is 440 g/mol. The molecule has 0 unspecified atom stereocenters. The van der Waals surface area contributed by atoms with Gasteiger partial charge in [-0.2, -0.15) is 0 Å². The van der Waals surface area contributed by atoms with E-state index < -0.39 is 6.10 Å². The van der Waals surface area contributed by atoms with E-state index in [2.05, 4.69) is 10.6 Å². The number of nitrogens with one attached hydrogen (secondary N) is 2. The van der Waals surface area contributed by atoms with E-state index in [1.165, 1.54) is 0 Å². The minimum absolute atomic E-state index is 0.0746. The van der Waals surface area contributed by atoms with Crippen LogP contribution in [0.5, 0.6) is 0 Å². The molecule has 2 aromatic rings. The van der Waals surface area contributed by atoms with Crippen LogP contribution >= 0.6 is 0 Å². The van der Waals surface area contributed by atoms with Crippen molar-refractivity contribution in [3.63, 3.8) is 0 Å². The third kappa shape index (κ3) is 6.78. The molecule has 8 heteroatoms. The molecule has 1 fully saturated rings. The van der Waals surface area contributed by atoms with E-state index in [0.717, 1.165) is 5.56 Å². The van der Waals surface area contributed by atoms with Gasteiger partial charge in [-0.1, -0.05) is 36.4 Å². The fraction of sp³-hybridized carbons (Fsp3) is 0.417. The first-order valence-corrected chi connectivity index (χ1v) is 10.8. The lowest BCUT2D eigenvalue weighted by Gasteiger charge is -2.27. The summed E-state index contributed by atoms with van der Waals surface area (Å²) in [4.78, 5) is 28.9. The van der Waals surface area contributed by atoms with Crippen molar-refractivity contribution in [3.8, 4) is 0 Å². The second-order valence-corrected chi connectivity index (χ2v) is 8.20. The first-order valence-electron chi connectivity index (χ1n) is 10.8. The zero-order valence-corrected chi connectivity index (χ0v) is 18.7. The molecule has 32 heavy (non-hydrogen) atoms. The highest BCUT2D eigenvalue weighted by molar-refractivity contribution is 5.97. The van der Waals surface area contributed by atoms with Gasteiger partial charge in [-0.15, -0.1) is 0 Å². The highest BCUT2D eigenvalue weighted by Gasteiger charge is 2.23. The van der Waals surface area contributed by atoms with Gasteiger partial charge in [0.2, 0.25) is 0 Å². The number of carbonyl (C=O) groups excluding carboxylic acids is 2. The maximum absolute atomic E-state index is 12.7. The molecule has 0 spiro atoms. The number of benzene rings is 2. The van der Waals surface area contributed by atoms with Crippen molar-refractivity contribution in [2.75, 3.05) is 58.8 Å². The number of aliphatic hydroxyl groups excluding tert-OH is 1. The normalized spacial score (nSPS) is 15.8. The second-order valence-electron chi connectivity index (χ2n) is 8.20. The molecule has 8 nitrogen and oxygen atoms in total. The Morgan fingerprint density at radius 1 is 1.09 bits per heavy atom. The van der Waals surface area contributed by atoms with Crippen LogP contribution in [0.2, 0.25) is 0 Å². The van der Waals surface area contributed by atoms with Crippen molar-refractivity contribution in [2.45, 2.75) is 6.10 Å². The van der Waals surface area contributed by atoms with Crippen LogP contribution in [0.4, 0.5) is 10.5 Å². The number of aliphatic hydroxyl groups is 1. The molecule has 1 aliphatic heterocycles. The Balaban J connectivity index is 1.58. The summed E-state index contributed by atoms with van der Waals surface area (Å²) in [6, 6.07) is 16.0. The molecule has 2 atom stereocenters. The Labute approximate surface area is 189 Å². The molecule has 1 saturated heterocycles. The molecule has 3 amide bonds. The van der Waals surface area contributed by atoms with E-state index in [1.54, 1.807) is 29.2 Å². The summed E-state index contributed by atoms with van der Waals surface area (Å²) in [5.74, 6) is -0.262. The van der Waals surface area contributed by atoms with Gasteiger partial charge < -0.3 is 30.3 Å². The molecule has 3 N–H and O–H groups in total. The van der Waals surface area contributed by atoms with Crippen LogP contribution in [-0.2, 0) is 4.74 Å². The van der Waals surface area contributed by atoms with Crippen LogP contribution in [0.25, 0.3) is 0 Å². The lowest BCUT2D eigenvalue weighted by molar-refractivity contribution is 0.0303. The van der Waals surface area contributed by atoms with Crippen molar-refractivity contribution < 1.29 is 19.4 Å². The summed E-state index contributed by atoms with van der Waals surface area (Å²) in [5, 5.41) is 16.4. The smallest absolute Gasteiger partial charge is 0.319 e. The molecule has 3 rings (SSSR count). The average Bonchev–Trinajstić information content (AvgIpc) is 2.82. The summed E-state index contributed by atoms with van der Waals surface area (Å²) < 4.78 is 5.30. The zero-order valence-electron chi connectivity index (χ0n) is 18.7. The molecule has 0 aromatic heterocycles. The van der Waals surface area contributed by atoms with Crippen LogP contribution in [0.15, 0.2) is 54.6 Å². The number of anilines is 1. The Hall–Kier alpha value is -2.94. The molecule has 0 bridgehead atoms. The van der Waals surface area contributed by atoms with E-state index in [0.29, 0.717) is 50.6 Å². The van der Waals surface area contributed by atoms with Crippen molar-refractivity contribution in [3.05, 3.63) is 65.7 Å². The molecule has 1 heterocycles. The van der Waals surface area contributed by atoms with Gasteiger partial charge in [0.25, 0.3) is 5.91 Å². The topological polar surface area (TPSA) is 94.1 Å². The molecule has 1 aliphatic rings. The van der Waals surface area contributed by atoms with Gasteiger partial charge >= 0.3 is 6.03 Å². The van der Waals surface area contributed by atoms with Crippen LogP contribution in [-0.4, -0.2) is 80.3 Å². The van der Waals surface area contributed by atoms with E-state index in [1.807, 2.05) is 49.3 Å². The van der Waals surface area contributed by atoms with E-state index in [4.69, 9.17) is 4.74 Å². The van der Waals surface area contributed by atoms with Gasteiger partial charge in [-0.25, -0.2) is 4.79 Å². The van der Waals surface area contributed by atoms with Gasteiger partial charge in [0.15, 0.2) is 0 Å². The van der Waals surface area contributed by atoms with Crippen LogP contribution < -0.4 is 10.6 Å². The largest absolute Gasteiger partial charge is 0.388 e. The molecule has 0 aliphatic carbocycles. The second kappa shape index (κ2) is 11.6. The average molecular weight is 441 g/mol. The third-order valence-corrected chi connectivity index (χ3v) is 5.38. The maximum Gasteiger partial charge on any atom is 0.319 e. The first-order chi connectivity index (χ1) is 15.4. The Bertz CT molecular complexity index is 885. The van der Waals surface area contributed by atoms with Crippen LogP contribution in [0, 0.1) is 5.92 Å². The minimum Gasteiger partial charge on any atom is -0.388 e. The Kier molecular flexibility index (Phi) is 8.61. The summed E-state index contributed by atoms with van der Waals surface area (Å²) in [5.41, 5.74) is 1.87. The van der Waals surface area contributed by atoms with Crippen LogP contribution in [0.1, 0.15) is 22.0 Å². The standard InChI is InChI=1S/C24H32N4O4/c1-27(2)17-20(22(29)18-7-4-3-5-8-18)16-25-24(31)26-21-10-6-9-19(15-21)23(30)28-11-13-32-14-12-28/h3-10,15,20,22,29H,11-14,16-17H2,1-2H3,(H2,25,26,31)/t20-,22-/m1/s1. The number of ether oxygens (including phenoxy) is 1. The van der Waals surface area contributed by atoms with E-state index in [9.17, 15) is 14.7 Å². The first kappa shape index (κ1) is 23.7. The number of carbonyl (C=O) groups is 2. The number of rotatable bonds is 8. The highest BCUT2D eigenvalue weighted by atomic mass is 16.5. The fourth-order valence-corrected chi connectivity index (χ4v) is 3.75. The summed E-state index contributed by atoms with van der Waals surface area (Å²) in [6.45, 7) is 3.11. The SMILES string of the molecule is CN(C)C[C@@H](CNC(=O)Nc1cccc(C(=O)N2CCOCC2)c1)[C@H](O)c1ccccc1. The molecule has 0 saturated carbocycles. The molecule has 172 valence electrons. The zero-order chi connectivity index (χ0) is 22.9. The Morgan fingerprint density at radius 2 is 1.81 bits per heavy atom. The summed E-state index contributed by atoms with van der Waals surface area (Å²) in [7, 11) is 3.86. The molecular formula is C24H32N4O4. The van der Waals surface area contributed by atoms with Gasteiger partial charge in [0.05, 0.1) is 19.3 Å². The number of morpholine rings is 1. The minimum atomic E-state index is -0.701. The van der Waals surface area contributed by atoms with Crippen molar-refractivity contribution >= 4 is 17.6 Å². The van der Waals surface area contributed by atoms with Crippen LogP contribution in [0.3, 0.4) is 0 Å². The predicted octanol–water partition coefficient (Wildman–Crippen LogP) is 2.19. The third-order valence-electron chi connectivity index (χ3n) is 5.38. The van der Waals surface area contributed by atoms with Gasteiger partial charge in [-0.3, -0.25) is 4.79 Å². The van der Waals surface area contributed by atoms with Gasteiger partial charge in [0, 0.05) is 43.3 Å². The lowest BCUT2D eigenvalue weighted by atomic mass is 9.95. The Morgan fingerprint density at radius 3 is 2.50 bits per heavy atom. The lowest BCUT2D eigenvalue weighted by Crippen LogP contribution is -2.40. The number of hydrogen-bond acceptors (Lipinski definition) is 5. The van der Waals surface area contributed by atoms with E-state index >= 15 is 0 Å². The summed E-state index contributed by atoms with van der Waals surface area (Å²) >= 11 is 0. The summed E-state index contributed by atoms with van der Waals surface area (Å²) in [6.07, 6.45) is -0.701. The number of hydrogen-bond donors (Lipinski definition) is 3.